The fraction of sp³-hybridized carbons (Fsp3) is 0.545. The summed E-state index contributed by atoms with van der Waals surface area (Å²) >= 11 is 0. The number of benzene rings is 1. The van der Waals surface area contributed by atoms with Crippen LogP contribution in [-0.4, -0.2) is 59.2 Å². The van der Waals surface area contributed by atoms with Gasteiger partial charge in [0, 0.05) is 32.2 Å². The third-order valence-corrected chi connectivity index (χ3v) is 6.03. The summed E-state index contributed by atoms with van der Waals surface area (Å²) < 4.78 is 6.89. The third-order valence-electron chi connectivity index (χ3n) is 6.03. The highest BCUT2D eigenvalue weighted by Crippen LogP contribution is 2.23. The first-order valence-electron chi connectivity index (χ1n) is 10.5. The lowest BCUT2D eigenvalue weighted by Crippen LogP contribution is -2.41. The summed E-state index contributed by atoms with van der Waals surface area (Å²) in [5, 5.41) is 14.2. The minimum absolute atomic E-state index is 0.0371. The predicted octanol–water partition coefficient (Wildman–Crippen LogP) is 2.05. The van der Waals surface area contributed by atoms with Gasteiger partial charge in [0.25, 0.3) is 5.56 Å². The van der Waals surface area contributed by atoms with Crippen molar-refractivity contribution in [2.75, 3.05) is 38.2 Å². The minimum atomic E-state index is -0.224. The van der Waals surface area contributed by atoms with Crippen LogP contribution in [0.1, 0.15) is 37.3 Å². The molecule has 156 valence electrons. The van der Waals surface area contributed by atoms with Crippen LogP contribution >= 0.6 is 0 Å². The number of aliphatic hydroxyl groups is 1. The van der Waals surface area contributed by atoms with Gasteiger partial charge in [0.15, 0.2) is 0 Å². The number of hydrogen-bond acceptors (Lipinski definition) is 6. The maximum absolute atomic E-state index is 12.8. The smallest absolute Gasteiger partial charge is 0.269 e. The molecule has 0 radical (unpaired) electrons. The van der Waals surface area contributed by atoms with Gasteiger partial charge >= 0.3 is 0 Å². The fourth-order valence-corrected chi connectivity index (χ4v) is 4.34. The molecule has 0 aliphatic carbocycles. The zero-order chi connectivity index (χ0) is 20.2. The normalized spacial score (nSPS) is 21.3. The standard InChI is InChI=1S/C22H30N4O3/c1-29-21-6-4-17(5-7-21)15-24-10-2-3-18(16-24)26-22(28)13-19(14-23-26)25-11-8-20(27)9-12-25/h4-7,13-14,18,20,27H,2-3,8-12,15-16H2,1H3/t18-/m1/s1. The van der Waals surface area contributed by atoms with Crippen molar-refractivity contribution >= 4 is 5.69 Å². The van der Waals surface area contributed by atoms with Crippen LogP contribution in [0.4, 0.5) is 5.69 Å². The minimum Gasteiger partial charge on any atom is -0.497 e. The van der Waals surface area contributed by atoms with Gasteiger partial charge in [-0.25, -0.2) is 4.68 Å². The molecule has 1 aromatic carbocycles. The zero-order valence-electron chi connectivity index (χ0n) is 17.0. The lowest BCUT2D eigenvalue weighted by atomic mass is 10.0. The van der Waals surface area contributed by atoms with E-state index in [2.05, 4.69) is 27.0 Å². The van der Waals surface area contributed by atoms with Crippen molar-refractivity contribution in [1.82, 2.24) is 14.7 Å². The summed E-state index contributed by atoms with van der Waals surface area (Å²) in [7, 11) is 1.68. The molecule has 3 heterocycles. The Labute approximate surface area is 171 Å². The van der Waals surface area contributed by atoms with Gasteiger partial charge in [-0.3, -0.25) is 9.69 Å². The molecular weight excluding hydrogens is 368 g/mol. The van der Waals surface area contributed by atoms with Crippen LogP contribution in [0.3, 0.4) is 0 Å². The van der Waals surface area contributed by atoms with Crippen LogP contribution in [0.25, 0.3) is 0 Å². The predicted molar refractivity (Wildman–Crippen MR) is 112 cm³/mol. The van der Waals surface area contributed by atoms with Crippen LogP contribution in [0, 0.1) is 0 Å². The van der Waals surface area contributed by atoms with Gasteiger partial charge in [-0.15, -0.1) is 0 Å². The highest BCUT2D eigenvalue weighted by atomic mass is 16.5. The Morgan fingerprint density at radius 2 is 1.90 bits per heavy atom. The third kappa shape index (κ3) is 4.79. The summed E-state index contributed by atoms with van der Waals surface area (Å²) in [6.07, 6.45) is 5.10. The lowest BCUT2D eigenvalue weighted by Gasteiger charge is -2.34. The number of likely N-dealkylation sites (tertiary alicyclic amines) is 1. The van der Waals surface area contributed by atoms with E-state index in [1.807, 2.05) is 18.3 Å². The maximum Gasteiger partial charge on any atom is 0.269 e. The lowest BCUT2D eigenvalue weighted by molar-refractivity contribution is 0.145. The molecule has 1 atom stereocenters. The molecule has 2 fully saturated rings. The SMILES string of the molecule is COc1ccc(CN2CCC[C@@H](n3ncc(N4CCC(O)CC4)cc3=O)C2)cc1. The molecule has 0 saturated carbocycles. The highest BCUT2D eigenvalue weighted by Gasteiger charge is 2.24. The average Bonchev–Trinajstić information content (AvgIpc) is 2.75. The number of methoxy groups -OCH3 is 1. The van der Waals surface area contributed by atoms with E-state index < -0.39 is 0 Å². The summed E-state index contributed by atoms with van der Waals surface area (Å²) in [6, 6.07) is 9.97. The molecule has 7 heteroatoms. The Balaban J connectivity index is 1.41. The average molecular weight is 399 g/mol. The van der Waals surface area contributed by atoms with Gasteiger partial charge in [-0.05, 0) is 49.9 Å². The van der Waals surface area contributed by atoms with Crippen LogP contribution in [-0.2, 0) is 6.54 Å². The molecule has 0 unspecified atom stereocenters. The molecule has 2 aliphatic rings. The molecule has 2 aromatic rings. The van der Waals surface area contributed by atoms with Crippen LogP contribution < -0.4 is 15.2 Å². The number of piperidine rings is 2. The molecule has 0 amide bonds. The molecule has 1 N–H and O–H groups in total. The Hall–Kier alpha value is -2.38. The van der Waals surface area contributed by atoms with Crippen LogP contribution in [0.5, 0.6) is 5.75 Å². The first-order chi connectivity index (χ1) is 14.1. The second kappa shape index (κ2) is 8.97. The fourth-order valence-electron chi connectivity index (χ4n) is 4.34. The van der Waals surface area contributed by atoms with E-state index in [0.29, 0.717) is 0 Å². The van der Waals surface area contributed by atoms with E-state index in [-0.39, 0.29) is 17.7 Å². The second-order valence-electron chi connectivity index (χ2n) is 8.09. The number of nitrogens with zero attached hydrogens (tertiary/aromatic N) is 4. The molecule has 29 heavy (non-hydrogen) atoms. The summed E-state index contributed by atoms with van der Waals surface area (Å²) in [5.41, 5.74) is 2.07. The Morgan fingerprint density at radius 1 is 1.14 bits per heavy atom. The van der Waals surface area contributed by atoms with Crippen molar-refractivity contribution in [3.8, 4) is 5.75 Å². The van der Waals surface area contributed by atoms with Gasteiger partial charge < -0.3 is 14.7 Å². The number of ether oxygens (including phenoxy) is 1. The highest BCUT2D eigenvalue weighted by molar-refractivity contribution is 5.43. The Morgan fingerprint density at radius 3 is 2.59 bits per heavy atom. The van der Waals surface area contributed by atoms with E-state index in [9.17, 15) is 9.90 Å². The second-order valence-corrected chi connectivity index (χ2v) is 8.09. The number of rotatable bonds is 5. The van der Waals surface area contributed by atoms with Crippen molar-refractivity contribution in [2.24, 2.45) is 0 Å². The van der Waals surface area contributed by atoms with E-state index >= 15 is 0 Å². The molecule has 2 aliphatic heterocycles. The topological polar surface area (TPSA) is 70.8 Å². The van der Waals surface area contributed by atoms with E-state index in [1.54, 1.807) is 17.9 Å². The van der Waals surface area contributed by atoms with Crippen molar-refractivity contribution in [2.45, 2.75) is 44.4 Å². The van der Waals surface area contributed by atoms with Crippen molar-refractivity contribution in [3.63, 3.8) is 0 Å². The number of anilines is 1. The summed E-state index contributed by atoms with van der Waals surface area (Å²) in [6.45, 7) is 4.26. The summed E-state index contributed by atoms with van der Waals surface area (Å²) in [4.78, 5) is 17.3. The monoisotopic (exact) mass is 398 g/mol. The largest absolute Gasteiger partial charge is 0.497 e. The van der Waals surface area contributed by atoms with Gasteiger partial charge in [0.1, 0.15) is 5.75 Å². The van der Waals surface area contributed by atoms with E-state index in [1.165, 1.54) is 5.56 Å². The van der Waals surface area contributed by atoms with Gasteiger partial charge in [-0.1, -0.05) is 12.1 Å². The van der Waals surface area contributed by atoms with Crippen LogP contribution in [0.15, 0.2) is 41.3 Å². The number of hydrogen-bond donors (Lipinski definition) is 1. The molecule has 2 saturated heterocycles. The number of aliphatic hydroxyl groups excluding tert-OH is 1. The first kappa shape index (κ1) is 19.9. The first-order valence-corrected chi connectivity index (χ1v) is 10.5. The Kier molecular flexibility index (Phi) is 6.16. The van der Waals surface area contributed by atoms with Crippen molar-refractivity contribution in [1.29, 1.82) is 0 Å². The summed E-state index contributed by atoms with van der Waals surface area (Å²) in [5.74, 6) is 0.865. The van der Waals surface area contributed by atoms with E-state index in [4.69, 9.17) is 4.74 Å². The quantitative estimate of drug-likeness (QED) is 0.831. The molecule has 0 spiro atoms. The molecular formula is C22H30N4O3. The Bertz CT molecular complexity index is 859. The molecule has 1 aromatic heterocycles. The van der Waals surface area contributed by atoms with E-state index in [0.717, 1.165) is 69.8 Å². The molecule has 4 rings (SSSR count). The zero-order valence-corrected chi connectivity index (χ0v) is 17.0. The maximum atomic E-state index is 12.8. The van der Waals surface area contributed by atoms with Gasteiger partial charge in [-0.2, -0.15) is 5.10 Å². The van der Waals surface area contributed by atoms with Gasteiger partial charge in [0.05, 0.1) is 31.1 Å². The molecule has 7 nitrogen and oxygen atoms in total. The van der Waals surface area contributed by atoms with Crippen LogP contribution in [0.2, 0.25) is 0 Å². The van der Waals surface area contributed by atoms with Crippen molar-refractivity contribution in [3.05, 3.63) is 52.4 Å². The molecule has 0 bridgehead atoms. The number of aromatic nitrogens is 2. The van der Waals surface area contributed by atoms with Crippen molar-refractivity contribution < 1.29 is 9.84 Å². The van der Waals surface area contributed by atoms with Gasteiger partial charge in [0.2, 0.25) is 0 Å².